The molecule has 1 aliphatic rings. The van der Waals surface area contributed by atoms with Crippen LogP contribution < -0.4 is 0 Å². The van der Waals surface area contributed by atoms with E-state index in [9.17, 15) is 27.0 Å². The molecule has 0 radical (unpaired) electrons. The van der Waals surface area contributed by atoms with E-state index in [1.807, 2.05) is 13.8 Å². The standard InChI is InChI=1S/C24H28Cl2F3NO4S/c1-4-14(2)23(30-34-9-5-8-25)22-19(31)11-16(12-20(22)32)10-15(3)35(33)21-7-6-17(13-18(21)26)24(27,28)29/h5-8,13-16,22H,4,9-12H2,1-3H3. The van der Waals surface area contributed by atoms with Gasteiger partial charge in [-0.05, 0) is 49.0 Å². The number of nitrogens with zero attached hydrogens (tertiary/aromatic N) is 1. The molecule has 0 amide bonds. The molecule has 35 heavy (non-hydrogen) atoms. The SMILES string of the molecule is CCC(C)C(=NOCC=CCl)C1C(=O)CC(CC(C)S(=O)c2ccc(C(F)(F)F)cc2Cl)CC1=O. The van der Waals surface area contributed by atoms with Crippen LogP contribution in [0.1, 0.15) is 52.0 Å². The van der Waals surface area contributed by atoms with Crippen molar-refractivity contribution < 1.29 is 31.8 Å². The lowest BCUT2D eigenvalue weighted by molar-refractivity contribution is -0.138. The van der Waals surface area contributed by atoms with Gasteiger partial charge in [-0.15, -0.1) is 0 Å². The summed E-state index contributed by atoms with van der Waals surface area (Å²) in [6.07, 6.45) is -1.87. The van der Waals surface area contributed by atoms with Crippen LogP contribution in [0.15, 0.2) is 39.9 Å². The van der Waals surface area contributed by atoms with Crippen molar-refractivity contribution in [1.82, 2.24) is 0 Å². The largest absolute Gasteiger partial charge is 0.416 e. The first-order chi connectivity index (χ1) is 16.4. The molecule has 0 spiro atoms. The average molecular weight is 554 g/mol. The summed E-state index contributed by atoms with van der Waals surface area (Å²) in [5, 5.41) is 3.30. The Morgan fingerprint density at radius 3 is 2.40 bits per heavy atom. The van der Waals surface area contributed by atoms with Crippen molar-refractivity contribution in [3.8, 4) is 0 Å². The molecule has 0 heterocycles. The van der Waals surface area contributed by atoms with Crippen LogP contribution in [0.5, 0.6) is 0 Å². The number of alkyl halides is 3. The van der Waals surface area contributed by atoms with Crippen molar-refractivity contribution >= 4 is 51.3 Å². The minimum absolute atomic E-state index is 0.0906. The van der Waals surface area contributed by atoms with Gasteiger partial charge >= 0.3 is 6.18 Å². The average Bonchev–Trinajstić information content (AvgIpc) is 2.78. The molecule has 5 nitrogen and oxygen atoms in total. The highest BCUT2D eigenvalue weighted by molar-refractivity contribution is 7.85. The third kappa shape index (κ3) is 7.89. The number of oxime groups is 1. The first-order valence-corrected chi connectivity index (χ1v) is 13.2. The first-order valence-electron chi connectivity index (χ1n) is 11.2. The molecule has 0 aromatic heterocycles. The zero-order chi connectivity index (χ0) is 26.3. The van der Waals surface area contributed by atoms with Gasteiger partial charge in [-0.1, -0.05) is 49.1 Å². The molecule has 194 valence electrons. The van der Waals surface area contributed by atoms with Gasteiger partial charge in [0.2, 0.25) is 0 Å². The Balaban J connectivity index is 2.11. The van der Waals surface area contributed by atoms with Gasteiger partial charge in [0.05, 0.1) is 32.0 Å². The van der Waals surface area contributed by atoms with E-state index in [4.69, 9.17) is 28.0 Å². The summed E-state index contributed by atoms with van der Waals surface area (Å²) < 4.78 is 51.6. The Kier molecular flexibility index (Phi) is 11.0. The lowest BCUT2D eigenvalue weighted by Crippen LogP contribution is -2.41. The highest BCUT2D eigenvalue weighted by atomic mass is 35.5. The molecule has 0 aliphatic heterocycles. The van der Waals surface area contributed by atoms with Gasteiger partial charge in [-0.25, -0.2) is 0 Å². The van der Waals surface area contributed by atoms with E-state index in [0.29, 0.717) is 12.1 Å². The lowest BCUT2D eigenvalue weighted by Gasteiger charge is -2.30. The summed E-state index contributed by atoms with van der Waals surface area (Å²) in [7, 11) is -1.71. The number of benzene rings is 1. The summed E-state index contributed by atoms with van der Waals surface area (Å²) in [5.74, 6) is -2.00. The summed E-state index contributed by atoms with van der Waals surface area (Å²) >= 11 is 11.4. The molecule has 0 bridgehead atoms. The summed E-state index contributed by atoms with van der Waals surface area (Å²) in [4.78, 5) is 31.3. The zero-order valence-corrected chi connectivity index (χ0v) is 21.9. The van der Waals surface area contributed by atoms with Gasteiger partial charge in [0, 0.05) is 23.6 Å². The fourth-order valence-electron chi connectivity index (χ4n) is 3.99. The van der Waals surface area contributed by atoms with Gasteiger partial charge in [-0.2, -0.15) is 13.2 Å². The smallest absolute Gasteiger partial charge is 0.392 e. The summed E-state index contributed by atoms with van der Waals surface area (Å²) in [6.45, 7) is 5.56. The number of Topliss-reactive ketones (excluding diaryl/α,β-unsaturated/α-hetero) is 2. The maximum atomic E-state index is 13.0. The Labute approximate surface area is 215 Å². The number of carbonyl (C=O) groups excluding carboxylic acids is 2. The van der Waals surface area contributed by atoms with Crippen LogP contribution in [0.2, 0.25) is 5.02 Å². The fourth-order valence-corrected chi connectivity index (χ4v) is 5.81. The van der Waals surface area contributed by atoms with Crippen LogP contribution in [0.4, 0.5) is 13.2 Å². The van der Waals surface area contributed by atoms with Gasteiger partial charge in [-0.3, -0.25) is 13.8 Å². The number of hydrogen-bond acceptors (Lipinski definition) is 5. The van der Waals surface area contributed by atoms with Crippen LogP contribution in [0.3, 0.4) is 0 Å². The van der Waals surface area contributed by atoms with Crippen LogP contribution in [0, 0.1) is 17.8 Å². The fraction of sp³-hybridized carbons (Fsp3) is 0.542. The van der Waals surface area contributed by atoms with Gasteiger partial charge in [0.1, 0.15) is 24.1 Å². The van der Waals surface area contributed by atoms with Crippen LogP contribution in [-0.2, 0) is 31.4 Å². The number of rotatable bonds is 10. The predicted octanol–water partition coefficient (Wildman–Crippen LogP) is 6.58. The minimum Gasteiger partial charge on any atom is -0.392 e. The first kappa shape index (κ1) is 29.5. The van der Waals surface area contributed by atoms with E-state index in [2.05, 4.69) is 5.16 Å². The van der Waals surface area contributed by atoms with E-state index < -0.39 is 33.7 Å². The maximum absolute atomic E-state index is 13.0. The molecule has 0 saturated heterocycles. The number of ketones is 2. The monoisotopic (exact) mass is 553 g/mol. The molecule has 1 aromatic rings. The second kappa shape index (κ2) is 13.0. The van der Waals surface area contributed by atoms with Crippen LogP contribution >= 0.6 is 23.2 Å². The van der Waals surface area contributed by atoms with Crippen molar-refractivity contribution in [1.29, 1.82) is 0 Å². The molecule has 2 rings (SSSR count). The normalized spacial score (nSPS) is 22.3. The molecular formula is C24H28Cl2F3NO4S. The van der Waals surface area contributed by atoms with E-state index >= 15 is 0 Å². The maximum Gasteiger partial charge on any atom is 0.416 e. The van der Waals surface area contributed by atoms with Crippen LogP contribution in [-0.4, -0.2) is 33.3 Å². The van der Waals surface area contributed by atoms with Gasteiger partial charge in [0.25, 0.3) is 0 Å². The second-order valence-electron chi connectivity index (χ2n) is 8.61. The van der Waals surface area contributed by atoms with E-state index in [0.717, 1.165) is 18.2 Å². The van der Waals surface area contributed by atoms with Crippen molar-refractivity contribution in [3.05, 3.63) is 40.4 Å². The minimum atomic E-state index is -4.56. The highest BCUT2D eigenvalue weighted by Crippen LogP contribution is 2.35. The Morgan fingerprint density at radius 1 is 1.26 bits per heavy atom. The van der Waals surface area contributed by atoms with Crippen molar-refractivity contribution in [2.45, 2.75) is 62.8 Å². The van der Waals surface area contributed by atoms with Crippen LogP contribution in [0.25, 0.3) is 0 Å². The van der Waals surface area contributed by atoms with E-state index in [-0.39, 0.29) is 59.2 Å². The third-order valence-electron chi connectivity index (χ3n) is 5.97. The topological polar surface area (TPSA) is 72.8 Å². The van der Waals surface area contributed by atoms with E-state index in [1.54, 1.807) is 6.92 Å². The number of halogens is 5. The number of hydrogen-bond donors (Lipinski definition) is 0. The Bertz CT molecular complexity index is 995. The Morgan fingerprint density at radius 2 is 1.89 bits per heavy atom. The summed E-state index contributed by atoms with van der Waals surface area (Å²) in [6, 6.07) is 2.70. The van der Waals surface area contributed by atoms with E-state index in [1.165, 1.54) is 11.6 Å². The molecule has 3 unspecified atom stereocenters. The molecular weight excluding hydrogens is 526 g/mol. The molecule has 1 aliphatic carbocycles. The quantitative estimate of drug-likeness (QED) is 0.142. The second-order valence-corrected chi connectivity index (χ2v) is 11.1. The number of carbonyl (C=O) groups is 2. The van der Waals surface area contributed by atoms with Crippen molar-refractivity contribution in [3.63, 3.8) is 0 Å². The third-order valence-corrected chi connectivity index (χ3v) is 8.29. The van der Waals surface area contributed by atoms with Gasteiger partial charge < -0.3 is 4.84 Å². The molecule has 1 saturated carbocycles. The van der Waals surface area contributed by atoms with Gasteiger partial charge in [0.15, 0.2) is 0 Å². The zero-order valence-electron chi connectivity index (χ0n) is 19.6. The predicted molar refractivity (Wildman–Crippen MR) is 131 cm³/mol. The molecule has 0 N–H and O–H groups in total. The van der Waals surface area contributed by atoms with Crippen molar-refractivity contribution in [2.24, 2.45) is 22.9 Å². The molecule has 11 heteroatoms. The molecule has 1 fully saturated rings. The molecule has 3 atom stereocenters. The lowest BCUT2D eigenvalue weighted by atomic mass is 9.73. The van der Waals surface area contributed by atoms with Crippen molar-refractivity contribution in [2.75, 3.05) is 6.61 Å². The molecule has 1 aromatic carbocycles. The summed E-state index contributed by atoms with van der Waals surface area (Å²) in [5.41, 5.74) is 0.743. The highest BCUT2D eigenvalue weighted by Gasteiger charge is 2.41. The Hall–Kier alpha value is -1.71.